The molecule has 1 heterocycles. The summed E-state index contributed by atoms with van der Waals surface area (Å²) >= 11 is 5.41. The second kappa shape index (κ2) is 2.75. The van der Waals surface area contributed by atoms with E-state index in [2.05, 4.69) is 4.98 Å². The van der Waals surface area contributed by atoms with Crippen LogP contribution in [0.15, 0.2) is 16.9 Å². The zero-order valence-electron chi connectivity index (χ0n) is 5.10. The van der Waals surface area contributed by atoms with E-state index in [4.69, 9.17) is 16.7 Å². The number of aromatic nitrogens is 1. The molecule has 1 rings (SSSR count). The van der Waals surface area contributed by atoms with Crippen molar-refractivity contribution in [1.82, 2.24) is 4.98 Å². The minimum absolute atomic E-state index is 0.150. The van der Waals surface area contributed by atoms with Gasteiger partial charge in [-0.05, 0) is 5.56 Å². The van der Waals surface area contributed by atoms with Crippen LogP contribution in [0.3, 0.4) is 0 Å². The van der Waals surface area contributed by atoms with Crippen molar-refractivity contribution in [3.05, 3.63) is 28.0 Å². The van der Waals surface area contributed by atoms with Crippen molar-refractivity contribution in [3.63, 3.8) is 0 Å². The van der Waals surface area contributed by atoms with E-state index in [1.807, 2.05) is 0 Å². The summed E-state index contributed by atoms with van der Waals surface area (Å²) in [6, 6.07) is 2.75. The molecule has 0 amide bonds. The maximum Gasteiger partial charge on any atom is 0.250 e. The Kier molecular flexibility index (Phi) is 1.97. The maximum absolute atomic E-state index is 10.6. The number of hydrogen-bond acceptors (Lipinski definition) is 2. The molecule has 0 aliphatic carbocycles. The molecule has 0 spiro atoms. The van der Waals surface area contributed by atoms with Gasteiger partial charge in [0.1, 0.15) is 0 Å². The van der Waals surface area contributed by atoms with Gasteiger partial charge >= 0.3 is 0 Å². The molecule has 1 aromatic heterocycles. The number of H-pyrrole nitrogens is 1. The van der Waals surface area contributed by atoms with Crippen LogP contribution in [0.25, 0.3) is 0 Å². The van der Waals surface area contributed by atoms with Crippen molar-refractivity contribution in [2.24, 2.45) is 0 Å². The van der Waals surface area contributed by atoms with Gasteiger partial charge in [-0.25, -0.2) is 0 Å². The Morgan fingerprint density at radius 2 is 2.30 bits per heavy atom. The highest BCUT2D eigenvalue weighted by Crippen LogP contribution is 2.05. The summed E-state index contributed by atoms with van der Waals surface area (Å²) in [7, 11) is 0. The number of rotatable bonds is 1. The van der Waals surface area contributed by atoms with Gasteiger partial charge in [0.25, 0.3) is 5.56 Å². The molecule has 0 saturated heterocycles. The molecule has 0 aliphatic heterocycles. The monoisotopic (exact) mass is 159 g/mol. The molecule has 0 aliphatic rings. The Balaban J connectivity index is 3.19. The van der Waals surface area contributed by atoms with Crippen molar-refractivity contribution < 1.29 is 5.11 Å². The first kappa shape index (κ1) is 7.15. The number of halogens is 1. The minimum atomic E-state index is -0.337. The smallest absolute Gasteiger partial charge is 0.250 e. The van der Waals surface area contributed by atoms with E-state index in [1.54, 1.807) is 0 Å². The Bertz CT molecular complexity index is 281. The van der Waals surface area contributed by atoms with E-state index in [1.165, 1.54) is 12.1 Å². The Hall–Kier alpha value is -0.960. The third kappa shape index (κ3) is 1.51. The number of alkyl halides is 1. The van der Waals surface area contributed by atoms with Gasteiger partial charge in [-0.2, -0.15) is 0 Å². The van der Waals surface area contributed by atoms with Gasteiger partial charge in [-0.15, -0.1) is 11.6 Å². The van der Waals surface area contributed by atoms with Crippen LogP contribution in [-0.2, 0) is 5.88 Å². The summed E-state index contributed by atoms with van der Waals surface area (Å²) in [5, 5.41) is 8.81. The van der Waals surface area contributed by atoms with E-state index < -0.39 is 0 Å². The number of aromatic hydroxyl groups is 1. The van der Waals surface area contributed by atoms with E-state index in [0.717, 1.165) is 0 Å². The highest BCUT2D eigenvalue weighted by atomic mass is 35.5. The standard InChI is InChI=1S/C6H6ClNO2/c7-3-4-1-5(9)8-6(10)2-4/h1-2H,3H2,(H2,8,9,10). The molecular weight excluding hydrogens is 154 g/mol. The SMILES string of the molecule is O=c1cc(CCl)cc(O)[nH]1. The topological polar surface area (TPSA) is 53.1 Å². The Morgan fingerprint density at radius 1 is 1.60 bits per heavy atom. The first-order chi connectivity index (χ1) is 4.72. The van der Waals surface area contributed by atoms with Crippen molar-refractivity contribution in [2.45, 2.75) is 5.88 Å². The van der Waals surface area contributed by atoms with Crippen molar-refractivity contribution in [2.75, 3.05) is 0 Å². The second-order valence-corrected chi connectivity index (χ2v) is 2.14. The normalized spacial score (nSPS) is 9.70. The molecule has 0 atom stereocenters. The zero-order chi connectivity index (χ0) is 7.56. The van der Waals surface area contributed by atoms with Gasteiger partial charge in [0, 0.05) is 18.0 Å². The van der Waals surface area contributed by atoms with Gasteiger partial charge in [-0.3, -0.25) is 9.78 Å². The molecular formula is C6H6ClNO2. The molecule has 0 bridgehead atoms. The average Bonchev–Trinajstić information content (AvgIpc) is 1.85. The first-order valence-corrected chi connectivity index (χ1v) is 3.24. The quantitative estimate of drug-likeness (QED) is 0.596. The summed E-state index contributed by atoms with van der Waals surface area (Å²) in [5.74, 6) is 0.0838. The summed E-state index contributed by atoms with van der Waals surface area (Å²) in [5.41, 5.74) is 0.276. The van der Waals surface area contributed by atoms with Crippen LogP contribution in [-0.4, -0.2) is 10.1 Å². The van der Waals surface area contributed by atoms with Crippen LogP contribution < -0.4 is 5.56 Å². The zero-order valence-corrected chi connectivity index (χ0v) is 5.85. The predicted octanol–water partition coefficient (Wildman–Crippen LogP) is 0.819. The van der Waals surface area contributed by atoms with Crippen molar-refractivity contribution in [3.8, 4) is 5.88 Å². The largest absolute Gasteiger partial charge is 0.495 e. The summed E-state index contributed by atoms with van der Waals surface area (Å²) in [4.78, 5) is 12.8. The van der Waals surface area contributed by atoms with E-state index in [0.29, 0.717) is 5.56 Å². The lowest BCUT2D eigenvalue weighted by Gasteiger charge is -1.93. The van der Waals surface area contributed by atoms with Gasteiger partial charge < -0.3 is 5.11 Å². The molecule has 0 radical (unpaired) electrons. The number of nitrogens with one attached hydrogen (secondary N) is 1. The molecule has 2 N–H and O–H groups in total. The summed E-state index contributed by atoms with van der Waals surface area (Å²) in [6.07, 6.45) is 0. The van der Waals surface area contributed by atoms with Gasteiger partial charge in [0.05, 0.1) is 0 Å². The van der Waals surface area contributed by atoms with Crippen LogP contribution in [0, 0.1) is 0 Å². The Morgan fingerprint density at radius 3 is 2.80 bits per heavy atom. The molecule has 0 unspecified atom stereocenters. The summed E-state index contributed by atoms with van der Waals surface area (Å²) < 4.78 is 0. The van der Waals surface area contributed by atoms with Crippen LogP contribution in [0.4, 0.5) is 0 Å². The van der Waals surface area contributed by atoms with Crippen LogP contribution in [0.5, 0.6) is 5.88 Å². The highest BCUT2D eigenvalue weighted by molar-refractivity contribution is 6.17. The fourth-order valence-corrected chi connectivity index (χ4v) is 0.816. The predicted molar refractivity (Wildman–Crippen MR) is 38.3 cm³/mol. The highest BCUT2D eigenvalue weighted by Gasteiger charge is 1.94. The minimum Gasteiger partial charge on any atom is -0.495 e. The van der Waals surface area contributed by atoms with E-state index in [-0.39, 0.29) is 17.3 Å². The second-order valence-electron chi connectivity index (χ2n) is 1.87. The lowest BCUT2D eigenvalue weighted by atomic mass is 10.3. The molecule has 0 saturated carbocycles. The Labute approximate surface area is 62.3 Å². The lowest BCUT2D eigenvalue weighted by Crippen LogP contribution is -2.03. The molecule has 3 nitrogen and oxygen atoms in total. The maximum atomic E-state index is 10.6. The fraction of sp³-hybridized carbons (Fsp3) is 0.167. The van der Waals surface area contributed by atoms with Gasteiger partial charge in [-0.1, -0.05) is 0 Å². The number of pyridine rings is 1. The van der Waals surface area contributed by atoms with Gasteiger partial charge in [0.2, 0.25) is 0 Å². The molecule has 0 fully saturated rings. The van der Waals surface area contributed by atoms with Crippen molar-refractivity contribution >= 4 is 11.6 Å². The number of hydrogen-bond donors (Lipinski definition) is 2. The molecule has 0 aromatic carbocycles. The molecule has 54 valence electrons. The third-order valence-corrected chi connectivity index (χ3v) is 1.35. The van der Waals surface area contributed by atoms with E-state index >= 15 is 0 Å². The van der Waals surface area contributed by atoms with Crippen LogP contribution >= 0.6 is 11.6 Å². The fourth-order valence-electron chi connectivity index (χ4n) is 0.661. The van der Waals surface area contributed by atoms with Gasteiger partial charge in [0.15, 0.2) is 5.88 Å². The lowest BCUT2D eigenvalue weighted by molar-refractivity contribution is 0.451. The first-order valence-electron chi connectivity index (χ1n) is 2.70. The van der Waals surface area contributed by atoms with Crippen LogP contribution in [0.1, 0.15) is 5.56 Å². The number of aromatic amines is 1. The summed E-state index contributed by atoms with van der Waals surface area (Å²) in [6.45, 7) is 0. The van der Waals surface area contributed by atoms with Crippen LogP contribution in [0.2, 0.25) is 0 Å². The van der Waals surface area contributed by atoms with Crippen molar-refractivity contribution in [1.29, 1.82) is 0 Å². The molecule has 10 heavy (non-hydrogen) atoms. The van der Waals surface area contributed by atoms with E-state index in [9.17, 15) is 4.79 Å². The molecule has 1 aromatic rings. The molecule has 4 heteroatoms. The average molecular weight is 160 g/mol. The third-order valence-electron chi connectivity index (χ3n) is 1.04.